The summed E-state index contributed by atoms with van der Waals surface area (Å²) in [6.45, 7) is 10.0. The largest absolute Gasteiger partial charge is 0.444 e. The molecule has 1 amide bonds. The van der Waals surface area contributed by atoms with Crippen molar-refractivity contribution in [2.45, 2.75) is 33.3 Å². The predicted octanol–water partition coefficient (Wildman–Crippen LogP) is 1.25. The molecule has 0 aliphatic carbocycles. The Morgan fingerprint density at radius 2 is 2.00 bits per heavy atom. The average Bonchev–Trinajstić information content (AvgIpc) is 2.50. The molecule has 0 aromatic carbocycles. The molecule has 0 saturated carbocycles. The van der Waals surface area contributed by atoms with E-state index in [1.54, 1.807) is 4.90 Å². The van der Waals surface area contributed by atoms with Crippen LogP contribution in [0, 0.1) is 10.8 Å². The summed E-state index contributed by atoms with van der Waals surface area (Å²) in [6.07, 6.45) is -0.300. The van der Waals surface area contributed by atoms with E-state index < -0.39 is 5.60 Å². The lowest BCUT2D eigenvalue weighted by molar-refractivity contribution is -0.166. The van der Waals surface area contributed by atoms with Crippen LogP contribution in [0.5, 0.6) is 0 Å². The van der Waals surface area contributed by atoms with Gasteiger partial charge in [-0.2, -0.15) is 0 Å². The minimum Gasteiger partial charge on any atom is -0.444 e. The second-order valence-corrected chi connectivity index (χ2v) is 6.83. The summed E-state index contributed by atoms with van der Waals surface area (Å²) in [4.78, 5) is 13.8. The third-order valence-electron chi connectivity index (χ3n) is 4.07. The van der Waals surface area contributed by atoms with Crippen molar-refractivity contribution in [1.29, 1.82) is 0 Å². The summed E-state index contributed by atoms with van der Waals surface area (Å²) in [5.74, 6) is 0. The molecule has 2 fully saturated rings. The van der Waals surface area contributed by atoms with E-state index in [-0.39, 0.29) is 23.5 Å². The van der Waals surface area contributed by atoms with Crippen LogP contribution in [0.1, 0.15) is 27.7 Å². The molecule has 0 aromatic heterocycles. The summed E-state index contributed by atoms with van der Waals surface area (Å²) < 4.78 is 10.7. The summed E-state index contributed by atoms with van der Waals surface area (Å²) in [7, 11) is 0. The zero-order valence-corrected chi connectivity index (χ0v) is 11.7. The lowest BCUT2D eigenvalue weighted by Crippen LogP contribution is -2.55. The Morgan fingerprint density at radius 3 is 2.33 bits per heavy atom. The van der Waals surface area contributed by atoms with Crippen molar-refractivity contribution in [2.75, 3.05) is 32.9 Å². The highest BCUT2D eigenvalue weighted by Gasteiger charge is 2.60. The molecule has 0 aromatic rings. The first kappa shape index (κ1) is 13.6. The summed E-state index contributed by atoms with van der Waals surface area (Å²) in [5.41, 5.74) is -0.876. The monoisotopic (exact) mass is 257 g/mol. The minimum absolute atomic E-state index is 0.0651. The molecule has 1 spiro atoms. The number of ether oxygens (including phenoxy) is 2. The van der Waals surface area contributed by atoms with Crippen LogP contribution in [0.25, 0.3) is 0 Å². The standard InChI is InChI=1S/C13H23NO4/c1-11(2,3)18-10(16)14-5-12(4,7-15)13(6-14)8-17-9-13/h15H,5-9H2,1-4H3/t12-/m1/s1. The Kier molecular flexibility index (Phi) is 3.10. The van der Waals surface area contributed by atoms with E-state index in [4.69, 9.17) is 9.47 Å². The third kappa shape index (κ3) is 2.10. The molecule has 2 aliphatic rings. The van der Waals surface area contributed by atoms with Crippen LogP contribution in [0.15, 0.2) is 0 Å². The number of hydrogen-bond acceptors (Lipinski definition) is 4. The van der Waals surface area contributed by atoms with E-state index in [0.717, 1.165) is 0 Å². The van der Waals surface area contributed by atoms with Gasteiger partial charge >= 0.3 is 6.09 Å². The number of likely N-dealkylation sites (tertiary alicyclic amines) is 1. The van der Waals surface area contributed by atoms with Crippen molar-refractivity contribution >= 4 is 6.09 Å². The Labute approximate surface area is 108 Å². The molecule has 5 nitrogen and oxygen atoms in total. The molecule has 2 heterocycles. The van der Waals surface area contributed by atoms with E-state index >= 15 is 0 Å². The number of aliphatic hydroxyl groups is 1. The number of nitrogens with zero attached hydrogens (tertiary/aromatic N) is 1. The van der Waals surface area contributed by atoms with Gasteiger partial charge in [0.2, 0.25) is 0 Å². The van der Waals surface area contributed by atoms with Crippen LogP contribution in [-0.4, -0.2) is 54.6 Å². The van der Waals surface area contributed by atoms with Gasteiger partial charge in [-0.3, -0.25) is 0 Å². The van der Waals surface area contributed by atoms with Crippen LogP contribution >= 0.6 is 0 Å². The van der Waals surface area contributed by atoms with Gasteiger partial charge in [-0.15, -0.1) is 0 Å². The van der Waals surface area contributed by atoms with Crippen molar-refractivity contribution in [3.63, 3.8) is 0 Å². The van der Waals surface area contributed by atoms with Gasteiger partial charge in [0, 0.05) is 23.9 Å². The van der Waals surface area contributed by atoms with E-state index in [2.05, 4.69) is 0 Å². The van der Waals surface area contributed by atoms with E-state index in [9.17, 15) is 9.90 Å². The van der Waals surface area contributed by atoms with Gasteiger partial charge in [0.05, 0.1) is 19.8 Å². The van der Waals surface area contributed by atoms with Crippen molar-refractivity contribution in [1.82, 2.24) is 4.90 Å². The van der Waals surface area contributed by atoms with Gasteiger partial charge in [0.15, 0.2) is 0 Å². The van der Waals surface area contributed by atoms with Gasteiger partial charge in [-0.25, -0.2) is 4.79 Å². The normalized spacial score (nSPS) is 30.4. The number of amides is 1. The van der Waals surface area contributed by atoms with Crippen molar-refractivity contribution in [3.05, 3.63) is 0 Å². The van der Waals surface area contributed by atoms with Crippen molar-refractivity contribution in [3.8, 4) is 0 Å². The molecule has 0 bridgehead atoms. The number of aliphatic hydroxyl groups excluding tert-OH is 1. The highest BCUT2D eigenvalue weighted by atomic mass is 16.6. The average molecular weight is 257 g/mol. The smallest absolute Gasteiger partial charge is 0.410 e. The molecule has 104 valence electrons. The SMILES string of the molecule is CC(C)(C)OC(=O)N1CC2(COC2)[C@@](C)(CO)C1. The van der Waals surface area contributed by atoms with Gasteiger partial charge in [-0.1, -0.05) is 6.92 Å². The topological polar surface area (TPSA) is 59.0 Å². The van der Waals surface area contributed by atoms with Crippen molar-refractivity contribution in [2.24, 2.45) is 10.8 Å². The second-order valence-electron chi connectivity index (χ2n) is 6.83. The minimum atomic E-state index is -0.488. The highest BCUT2D eigenvalue weighted by molar-refractivity contribution is 5.69. The van der Waals surface area contributed by atoms with Crippen LogP contribution in [0.4, 0.5) is 4.79 Å². The number of rotatable bonds is 1. The van der Waals surface area contributed by atoms with E-state index in [1.807, 2.05) is 27.7 Å². The number of hydrogen-bond donors (Lipinski definition) is 1. The second kappa shape index (κ2) is 4.10. The van der Waals surface area contributed by atoms with Gasteiger partial charge in [-0.05, 0) is 20.8 Å². The van der Waals surface area contributed by atoms with Gasteiger partial charge in [0.25, 0.3) is 0 Å². The van der Waals surface area contributed by atoms with Crippen LogP contribution in [0.3, 0.4) is 0 Å². The molecule has 0 unspecified atom stereocenters. The number of carbonyl (C=O) groups excluding carboxylic acids is 1. The highest BCUT2D eigenvalue weighted by Crippen LogP contribution is 2.50. The molecule has 2 rings (SSSR count). The fraction of sp³-hybridized carbons (Fsp3) is 0.923. The Hall–Kier alpha value is -0.810. The summed E-state index contributed by atoms with van der Waals surface area (Å²) in [6, 6.07) is 0. The molecule has 0 radical (unpaired) electrons. The maximum Gasteiger partial charge on any atom is 0.410 e. The Balaban J connectivity index is 2.08. The van der Waals surface area contributed by atoms with Gasteiger partial charge in [0.1, 0.15) is 5.60 Å². The van der Waals surface area contributed by atoms with Crippen LogP contribution < -0.4 is 0 Å². The zero-order chi connectivity index (χ0) is 13.6. The molecular formula is C13H23NO4. The van der Waals surface area contributed by atoms with Gasteiger partial charge < -0.3 is 19.5 Å². The predicted molar refractivity (Wildman–Crippen MR) is 66.3 cm³/mol. The molecule has 2 saturated heterocycles. The lowest BCUT2D eigenvalue weighted by Gasteiger charge is -2.47. The van der Waals surface area contributed by atoms with Crippen LogP contribution in [-0.2, 0) is 9.47 Å². The lowest BCUT2D eigenvalue weighted by atomic mass is 9.66. The van der Waals surface area contributed by atoms with Crippen molar-refractivity contribution < 1.29 is 19.4 Å². The van der Waals surface area contributed by atoms with E-state index in [0.29, 0.717) is 26.3 Å². The first-order chi connectivity index (χ1) is 8.21. The molecule has 5 heteroatoms. The fourth-order valence-corrected chi connectivity index (χ4v) is 2.66. The molecule has 1 N–H and O–H groups in total. The summed E-state index contributed by atoms with van der Waals surface area (Å²) in [5, 5.41) is 9.62. The summed E-state index contributed by atoms with van der Waals surface area (Å²) >= 11 is 0. The maximum atomic E-state index is 12.1. The molecule has 1 atom stereocenters. The van der Waals surface area contributed by atoms with E-state index in [1.165, 1.54) is 0 Å². The molecule has 18 heavy (non-hydrogen) atoms. The molecule has 2 aliphatic heterocycles. The zero-order valence-electron chi connectivity index (χ0n) is 11.7. The fourth-order valence-electron chi connectivity index (χ4n) is 2.66. The quantitative estimate of drug-likeness (QED) is 0.768. The number of carbonyl (C=O) groups is 1. The Morgan fingerprint density at radius 1 is 1.39 bits per heavy atom. The molecular weight excluding hydrogens is 234 g/mol. The first-order valence-corrected chi connectivity index (χ1v) is 6.38. The third-order valence-corrected chi connectivity index (χ3v) is 4.07. The Bertz CT molecular complexity index is 334. The maximum absolute atomic E-state index is 12.1. The first-order valence-electron chi connectivity index (χ1n) is 6.38. The van der Waals surface area contributed by atoms with Crippen LogP contribution in [0.2, 0.25) is 0 Å².